The van der Waals surface area contributed by atoms with Crippen LogP contribution in [0.15, 0.2) is 29.2 Å². The quantitative estimate of drug-likeness (QED) is 0.505. The predicted octanol–water partition coefficient (Wildman–Crippen LogP) is 0.272. The van der Waals surface area contributed by atoms with E-state index in [0.717, 1.165) is 51.5 Å². The number of aryl methyl sites for hydroxylation is 1. The molecule has 13 heteroatoms. The molecule has 5 rings (SSSR count). The Bertz CT molecular complexity index is 1130. The molecule has 0 saturated carbocycles. The minimum atomic E-state index is -3.54. The standard InChI is InChI=1S/C24H36N8O4S/c1-20-2-4-21(5-3-20)37(33,34)32-10-8-30(9-11-32)23-26-22(25-6-7-29-12-16-35-17-13-29)27-24(28-23)31-14-18-36-19-15-31/h2-5H,6-19H2,1H3,(H,25,26,27,28). The van der Waals surface area contributed by atoms with Crippen molar-refractivity contribution in [3.63, 3.8) is 0 Å². The fourth-order valence-corrected chi connectivity index (χ4v) is 6.04. The highest BCUT2D eigenvalue weighted by atomic mass is 32.2. The Kier molecular flexibility index (Phi) is 8.35. The monoisotopic (exact) mass is 532 g/mol. The molecule has 2 aromatic rings. The van der Waals surface area contributed by atoms with E-state index in [-0.39, 0.29) is 0 Å². The maximum atomic E-state index is 13.1. The first-order valence-corrected chi connectivity index (χ1v) is 14.4. The van der Waals surface area contributed by atoms with Crippen molar-refractivity contribution in [2.24, 2.45) is 0 Å². The van der Waals surface area contributed by atoms with E-state index in [0.29, 0.717) is 68.7 Å². The third-order valence-corrected chi connectivity index (χ3v) is 8.81. The Hall–Kier alpha value is -2.58. The number of anilines is 3. The molecule has 4 heterocycles. The summed E-state index contributed by atoms with van der Waals surface area (Å²) in [7, 11) is -3.54. The van der Waals surface area contributed by atoms with Crippen LogP contribution in [0.4, 0.5) is 17.8 Å². The summed E-state index contributed by atoms with van der Waals surface area (Å²) in [5, 5.41) is 3.37. The number of morpholine rings is 2. The van der Waals surface area contributed by atoms with E-state index in [4.69, 9.17) is 24.4 Å². The van der Waals surface area contributed by atoms with Gasteiger partial charge in [-0.3, -0.25) is 4.90 Å². The molecule has 1 aromatic carbocycles. The van der Waals surface area contributed by atoms with Gasteiger partial charge in [-0.05, 0) is 19.1 Å². The van der Waals surface area contributed by atoms with Crippen LogP contribution in [0.2, 0.25) is 0 Å². The lowest BCUT2D eigenvalue weighted by molar-refractivity contribution is 0.0398. The van der Waals surface area contributed by atoms with E-state index in [9.17, 15) is 8.42 Å². The first kappa shape index (κ1) is 26.0. The van der Waals surface area contributed by atoms with E-state index in [1.54, 1.807) is 16.4 Å². The number of aromatic nitrogens is 3. The van der Waals surface area contributed by atoms with E-state index >= 15 is 0 Å². The highest BCUT2D eigenvalue weighted by molar-refractivity contribution is 7.89. The van der Waals surface area contributed by atoms with E-state index < -0.39 is 10.0 Å². The summed E-state index contributed by atoms with van der Waals surface area (Å²) >= 11 is 0. The van der Waals surface area contributed by atoms with Crippen molar-refractivity contribution in [2.45, 2.75) is 11.8 Å². The zero-order chi connectivity index (χ0) is 25.7. The lowest BCUT2D eigenvalue weighted by Crippen LogP contribution is -2.49. The van der Waals surface area contributed by atoms with Crippen LogP contribution in [0, 0.1) is 6.92 Å². The van der Waals surface area contributed by atoms with Gasteiger partial charge in [0.1, 0.15) is 0 Å². The second-order valence-corrected chi connectivity index (χ2v) is 11.4. The molecule has 0 radical (unpaired) electrons. The molecule has 12 nitrogen and oxygen atoms in total. The Morgan fingerprint density at radius 1 is 0.784 bits per heavy atom. The Balaban J connectivity index is 1.27. The van der Waals surface area contributed by atoms with Crippen molar-refractivity contribution in [1.82, 2.24) is 24.2 Å². The molecule has 0 atom stereocenters. The minimum Gasteiger partial charge on any atom is -0.379 e. The summed E-state index contributed by atoms with van der Waals surface area (Å²) in [6.07, 6.45) is 0. The SMILES string of the molecule is Cc1ccc(S(=O)(=O)N2CCN(c3nc(NCCN4CCOCC4)nc(N4CCOCC4)n3)CC2)cc1. The van der Waals surface area contributed by atoms with Crippen molar-refractivity contribution in [2.75, 3.05) is 107 Å². The number of sulfonamides is 1. The average Bonchev–Trinajstić information content (AvgIpc) is 2.94. The minimum absolute atomic E-state index is 0.327. The van der Waals surface area contributed by atoms with Gasteiger partial charge in [-0.25, -0.2) is 8.42 Å². The van der Waals surface area contributed by atoms with Crippen LogP contribution in [0.1, 0.15) is 5.56 Å². The van der Waals surface area contributed by atoms with Gasteiger partial charge < -0.3 is 24.6 Å². The summed E-state index contributed by atoms with van der Waals surface area (Å²) < 4.78 is 38.7. The van der Waals surface area contributed by atoms with Gasteiger partial charge in [0.15, 0.2) is 0 Å². The van der Waals surface area contributed by atoms with Gasteiger partial charge in [0.25, 0.3) is 0 Å². The fraction of sp³-hybridized carbons (Fsp3) is 0.625. The van der Waals surface area contributed by atoms with Crippen molar-refractivity contribution < 1.29 is 17.9 Å². The van der Waals surface area contributed by atoms with Crippen LogP contribution >= 0.6 is 0 Å². The van der Waals surface area contributed by atoms with E-state index in [2.05, 4.69) is 15.1 Å². The first-order valence-electron chi connectivity index (χ1n) is 12.9. The van der Waals surface area contributed by atoms with Crippen LogP contribution in [0.25, 0.3) is 0 Å². The average molecular weight is 533 g/mol. The molecule has 0 unspecified atom stereocenters. The van der Waals surface area contributed by atoms with Gasteiger partial charge in [-0.2, -0.15) is 19.3 Å². The zero-order valence-electron chi connectivity index (χ0n) is 21.4. The number of piperazine rings is 1. The second kappa shape index (κ2) is 11.9. The number of benzene rings is 1. The maximum Gasteiger partial charge on any atom is 0.243 e. The maximum absolute atomic E-state index is 13.1. The lowest BCUT2D eigenvalue weighted by atomic mass is 10.2. The van der Waals surface area contributed by atoms with Crippen molar-refractivity contribution in [1.29, 1.82) is 0 Å². The van der Waals surface area contributed by atoms with Gasteiger partial charge in [0.05, 0.1) is 31.3 Å². The van der Waals surface area contributed by atoms with Crippen LogP contribution in [-0.4, -0.2) is 124 Å². The van der Waals surface area contributed by atoms with Crippen LogP contribution in [0.5, 0.6) is 0 Å². The normalized spacial score (nSPS) is 20.2. The number of hydrogen-bond acceptors (Lipinski definition) is 11. The van der Waals surface area contributed by atoms with Gasteiger partial charge in [0.2, 0.25) is 27.9 Å². The van der Waals surface area contributed by atoms with Crippen molar-refractivity contribution >= 4 is 27.9 Å². The number of ether oxygens (including phenoxy) is 2. The molecule has 202 valence electrons. The third kappa shape index (κ3) is 6.47. The van der Waals surface area contributed by atoms with Gasteiger partial charge >= 0.3 is 0 Å². The van der Waals surface area contributed by atoms with Crippen molar-refractivity contribution in [3.8, 4) is 0 Å². The topological polar surface area (TPSA) is 116 Å². The fourth-order valence-electron chi connectivity index (χ4n) is 4.62. The predicted molar refractivity (Wildman–Crippen MR) is 141 cm³/mol. The van der Waals surface area contributed by atoms with E-state index in [1.165, 1.54) is 0 Å². The molecule has 0 amide bonds. The van der Waals surface area contributed by atoms with Gasteiger partial charge in [-0.15, -0.1) is 0 Å². The molecule has 37 heavy (non-hydrogen) atoms. The Labute approximate surface area is 218 Å². The molecule has 3 fully saturated rings. The van der Waals surface area contributed by atoms with Crippen LogP contribution in [0.3, 0.4) is 0 Å². The smallest absolute Gasteiger partial charge is 0.243 e. The molecule has 0 aliphatic carbocycles. The van der Waals surface area contributed by atoms with Crippen molar-refractivity contribution in [3.05, 3.63) is 29.8 Å². The van der Waals surface area contributed by atoms with Gasteiger partial charge in [-0.1, -0.05) is 17.7 Å². The molecule has 1 aromatic heterocycles. The molecular formula is C24H36N8O4S. The van der Waals surface area contributed by atoms with Crippen LogP contribution < -0.4 is 15.1 Å². The highest BCUT2D eigenvalue weighted by Crippen LogP contribution is 2.22. The largest absolute Gasteiger partial charge is 0.379 e. The summed E-state index contributed by atoms with van der Waals surface area (Å²) in [5.74, 6) is 1.73. The Morgan fingerprint density at radius 3 is 1.97 bits per heavy atom. The lowest BCUT2D eigenvalue weighted by Gasteiger charge is -2.34. The highest BCUT2D eigenvalue weighted by Gasteiger charge is 2.30. The second-order valence-electron chi connectivity index (χ2n) is 9.44. The van der Waals surface area contributed by atoms with Crippen LogP contribution in [-0.2, 0) is 19.5 Å². The molecule has 1 N–H and O–H groups in total. The summed E-state index contributed by atoms with van der Waals surface area (Å²) in [6.45, 7) is 11.4. The summed E-state index contributed by atoms with van der Waals surface area (Å²) in [5.41, 5.74) is 1.03. The van der Waals surface area contributed by atoms with Gasteiger partial charge in [0, 0.05) is 65.4 Å². The number of nitrogens with zero attached hydrogens (tertiary/aromatic N) is 7. The molecule has 3 aliphatic rings. The van der Waals surface area contributed by atoms with E-state index in [1.807, 2.05) is 24.0 Å². The molecule has 0 bridgehead atoms. The number of nitrogens with one attached hydrogen (secondary N) is 1. The summed E-state index contributed by atoms with van der Waals surface area (Å²) in [6, 6.07) is 7.00. The molecule has 0 spiro atoms. The number of rotatable bonds is 8. The summed E-state index contributed by atoms with van der Waals surface area (Å²) in [4.78, 5) is 21.0. The molecule has 3 aliphatic heterocycles. The zero-order valence-corrected chi connectivity index (χ0v) is 22.2. The first-order chi connectivity index (χ1) is 18.0. The third-order valence-electron chi connectivity index (χ3n) is 6.90. The number of hydrogen-bond donors (Lipinski definition) is 1. The molecular weight excluding hydrogens is 496 g/mol. The Morgan fingerprint density at radius 2 is 1.35 bits per heavy atom. The molecule has 3 saturated heterocycles.